The first kappa shape index (κ1) is 19.9. The van der Waals surface area contributed by atoms with Gasteiger partial charge >= 0.3 is 12.4 Å². The SMILES string of the molecule is O=C(CNC(=O)Nc1ccccc1OC(F)(F)F)Nc1ccc(F)c(F)c1. The van der Waals surface area contributed by atoms with Crippen molar-refractivity contribution in [2.75, 3.05) is 17.2 Å². The number of halogens is 5. The maximum atomic E-state index is 13.0. The highest BCUT2D eigenvalue weighted by Gasteiger charge is 2.32. The first-order valence-corrected chi connectivity index (χ1v) is 7.28. The molecule has 0 fully saturated rings. The van der Waals surface area contributed by atoms with Gasteiger partial charge in [0, 0.05) is 11.8 Å². The summed E-state index contributed by atoms with van der Waals surface area (Å²) >= 11 is 0. The molecule has 0 saturated heterocycles. The highest BCUT2D eigenvalue weighted by Crippen LogP contribution is 2.29. The summed E-state index contributed by atoms with van der Waals surface area (Å²) in [4.78, 5) is 23.4. The monoisotopic (exact) mass is 389 g/mol. The fourth-order valence-electron chi connectivity index (χ4n) is 1.89. The van der Waals surface area contributed by atoms with Gasteiger partial charge in [0.1, 0.15) is 0 Å². The number of carbonyl (C=O) groups is 2. The lowest BCUT2D eigenvalue weighted by molar-refractivity contribution is -0.274. The van der Waals surface area contributed by atoms with Gasteiger partial charge in [0.2, 0.25) is 5.91 Å². The van der Waals surface area contributed by atoms with Crippen LogP contribution in [-0.2, 0) is 4.79 Å². The van der Waals surface area contributed by atoms with Gasteiger partial charge in [-0.1, -0.05) is 12.1 Å². The van der Waals surface area contributed by atoms with Crippen LogP contribution in [0.25, 0.3) is 0 Å². The molecule has 2 aromatic rings. The molecule has 2 rings (SSSR count). The van der Waals surface area contributed by atoms with Crippen LogP contribution in [0.3, 0.4) is 0 Å². The van der Waals surface area contributed by atoms with Gasteiger partial charge in [-0.3, -0.25) is 4.79 Å². The highest BCUT2D eigenvalue weighted by atomic mass is 19.4. The molecule has 3 N–H and O–H groups in total. The molecule has 0 aliphatic rings. The zero-order valence-corrected chi connectivity index (χ0v) is 13.4. The lowest BCUT2D eigenvalue weighted by atomic mass is 10.3. The number of nitrogens with one attached hydrogen (secondary N) is 3. The third kappa shape index (κ3) is 6.45. The number of para-hydroxylation sites is 2. The normalized spacial score (nSPS) is 10.9. The van der Waals surface area contributed by atoms with Gasteiger partial charge in [-0.15, -0.1) is 13.2 Å². The van der Waals surface area contributed by atoms with Crippen LogP contribution in [-0.4, -0.2) is 24.8 Å². The number of rotatable bonds is 5. The van der Waals surface area contributed by atoms with Gasteiger partial charge in [0.25, 0.3) is 0 Å². The predicted octanol–water partition coefficient (Wildman–Crippen LogP) is 3.62. The number of amides is 3. The Hall–Kier alpha value is -3.37. The maximum absolute atomic E-state index is 13.0. The number of alkyl halides is 3. The Balaban J connectivity index is 1.89. The third-order valence-corrected chi connectivity index (χ3v) is 2.97. The largest absolute Gasteiger partial charge is 0.573 e. The average Bonchev–Trinajstić information content (AvgIpc) is 2.57. The van der Waals surface area contributed by atoms with Gasteiger partial charge in [0.15, 0.2) is 17.4 Å². The molecule has 6 nitrogen and oxygen atoms in total. The number of hydrogen-bond acceptors (Lipinski definition) is 3. The van der Waals surface area contributed by atoms with Crippen molar-refractivity contribution < 1.29 is 36.3 Å². The van der Waals surface area contributed by atoms with E-state index in [1.165, 1.54) is 18.2 Å². The Morgan fingerprint density at radius 2 is 1.67 bits per heavy atom. The van der Waals surface area contributed by atoms with E-state index >= 15 is 0 Å². The molecule has 0 bridgehead atoms. The van der Waals surface area contributed by atoms with Crippen molar-refractivity contribution in [2.24, 2.45) is 0 Å². The summed E-state index contributed by atoms with van der Waals surface area (Å²) in [6, 6.07) is 6.50. The molecule has 0 heterocycles. The minimum absolute atomic E-state index is 0.0370. The number of benzene rings is 2. The molecule has 0 radical (unpaired) electrons. The summed E-state index contributed by atoms with van der Waals surface area (Å²) in [5, 5.41) is 6.41. The fourth-order valence-corrected chi connectivity index (χ4v) is 1.89. The Morgan fingerprint density at radius 1 is 0.963 bits per heavy atom. The summed E-state index contributed by atoms with van der Waals surface area (Å²) in [6.45, 7) is -0.576. The molecule has 0 spiro atoms. The fraction of sp³-hybridized carbons (Fsp3) is 0.125. The van der Waals surface area contributed by atoms with E-state index < -0.39 is 42.2 Å². The molecular weight excluding hydrogens is 377 g/mol. The highest BCUT2D eigenvalue weighted by molar-refractivity contribution is 5.97. The standard InChI is InChI=1S/C16H12F5N3O3/c17-10-6-5-9(7-11(10)18)23-14(25)8-22-15(26)24-12-3-1-2-4-13(12)27-16(19,20)21/h1-7H,8H2,(H,23,25)(H2,22,24,26). The lowest BCUT2D eigenvalue weighted by Crippen LogP contribution is -2.36. The van der Waals surface area contributed by atoms with Crippen LogP contribution in [0.2, 0.25) is 0 Å². The number of carbonyl (C=O) groups excluding carboxylic acids is 2. The molecule has 0 atom stereocenters. The Bertz CT molecular complexity index is 842. The summed E-state index contributed by atoms with van der Waals surface area (Å²) in [5.74, 6) is -3.66. The number of anilines is 2. The van der Waals surface area contributed by atoms with Gasteiger partial charge in [-0.2, -0.15) is 0 Å². The molecule has 27 heavy (non-hydrogen) atoms. The number of ether oxygens (including phenoxy) is 1. The van der Waals surface area contributed by atoms with Crippen molar-refractivity contribution in [3.63, 3.8) is 0 Å². The maximum Gasteiger partial charge on any atom is 0.573 e. The topological polar surface area (TPSA) is 79.5 Å². The van der Waals surface area contributed by atoms with Crippen molar-refractivity contribution in [3.05, 3.63) is 54.1 Å². The van der Waals surface area contributed by atoms with E-state index in [0.29, 0.717) is 0 Å². The van der Waals surface area contributed by atoms with Crippen LogP contribution in [0.1, 0.15) is 0 Å². The Kier molecular flexibility index (Phi) is 6.16. The molecule has 3 amide bonds. The van der Waals surface area contributed by atoms with Crippen molar-refractivity contribution >= 4 is 23.3 Å². The zero-order chi connectivity index (χ0) is 20.0. The molecule has 0 aliphatic carbocycles. The van der Waals surface area contributed by atoms with Crippen LogP contribution >= 0.6 is 0 Å². The van der Waals surface area contributed by atoms with Gasteiger partial charge in [-0.05, 0) is 24.3 Å². The van der Waals surface area contributed by atoms with Crippen LogP contribution in [0.5, 0.6) is 5.75 Å². The van der Waals surface area contributed by atoms with Gasteiger partial charge < -0.3 is 20.7 Å². The summed E-state index contributed by atoms with van der Waals surface area (Å²) in [6.07, 6.45) is -4.95. The zero-order valence-electron chi connectivity index (χ0n) is 13.4. The van der Waals surface area contributed by atoms with Crippen LogP contribution in [0, 0.1) is 11.6 Å². The van der Waals surface area contributed by atoms with Crippen LogP contribution in [0.4, 0.5) is 38.1 Å². The molecule has 11 heteroatoms. The molecule has 2 aromatic carbocycles. The Labute approximate surface area is 149 Å². The van der Waals surface area contributed by atoms with E-state index in [0.717, 1.165) is 24.3 Å². The van der Waals surface area contributed by atoms with Gasteiger partial charge in [-0.25, -0.2) is 13.6 Å². The number of hydrogen-bond donors (Lipinski definition) is 3. The smallest absolute Gasteiger partial charge is 0.404 e. The van der Waals surface area contributed by atoms with Crippen LogP contribution < -0.4 is 20.7 Å². The van der Waals surface area contributed by atoms with Crippen LogP contribution in [0.15, 0.2) is 42.5 Å². The average molecular weight is 389 g/mol. The minimum atomic E-state index is -4.95. The predicted molar refractivity (Wildman–Crippen MR) is 85.1 cm³/mol. The molecular formula is C16H12F5N3O3. The van der Waals surface area contributed by atoms with Crippen molar-refractivity contribution in [2.45, 2.75) is 6.36 Å². The van der Waals surface area contributed by atoms with Crippen molar-refractivity contribution in [1.82, 2.24) is 5.32 Å². The second-order valence-corrected chi connectivity index (χ2v) is 5.03. The first-order chi connectivity index (χ1) is 12.6. The lowest BCUT2D eigenvalue weighted by Gasteiger charge is -2.14. The van der Waals surface area contributed by atoms with E-state index in [2.05, 4.69) is 20.7 Å². The van der Waals surface area contributed by atoms with E-state index in [1.54, 1.807) is 0 Å². The summed E-state index contributed by atoms with van der Waals surface area (Å²) in [7, 11) is 0. The van der Waals surface area contributed by atoms with E-state index in [-0.39, 0.29) is 11.4 Å². The van der Waals surface area contributed by atoms with Gasteiger partial charge in [0.05, 0.1) is 12.2 Å². The first-order valence-electron chi connectivity index (χ1n) is 7.28. The molecule has 0 aromatic heterocycles. The minimum Gasteiger partial charge on any atom is -0.404 e. The molecule has 0 unspecified atom stereocenters. The second kappa shape index (κ2) is 8.34. The van der Waals surface area contributed by atoms with E-state index in [4.69, 9.17) is 0 Å². The molecule has 144 valence electrons. The quantitative estimate of drug-likeness (QED) is 0.684. The third-order valence-electron chi connectivity index (χ3n) is 2.97. The molecule has 0 aliphatic heterocycles. The number of urea groups is 1. The molecule has 0 saturated carbocycles. The van der Waals surface area contributed by atoms with E-state index in [9.17, 15) is 31.5 Å². The Morgan fingerprint density at radius 3 is 2.33 bits per heavy atom. The second-order valence-electron chi connectivity index (χ2n) is 5.03. The van der Waals surface area contributed by atoms with Crippen molar-refractivity contribution in [1.29, 1.82) is 0 Å². The summed E-state index contributed by atoms with van der Waals surface area (Å²) < 4.78 is 66.6. The van der Waals surface area contributed by atoms with Crippen molar-refractivity contribution in [3.8, 4) is 5.75 Å². The summed E-state index contributed by atoms with van der Waals surface area (Å²) in [5.41, 5.74) is -0.307. The van der Waals surface area contributed by atoms with E-state index in [1.807, 2.05) is 0 Å².